The molecule has 0 aromatic rings. The zero-order valence-electron chi connectivity index (χ0n) is 7.56. The number of nitrogens with one attached hydrogen (secondary N) is 2. The fourth-order valence-corrected chi connectivity index (χ4v) is 2.20. The van der Waals surface area contributed by atoms with Crippen LogP contribution in [0.25, 0.3) is 0 Å². The zero-order valence-corrected chi connectivity index (χ0v) is 7.56. The van der Waals surface area contributed by atoms with Crippen molar-refractivity contribution in [1.82, 2.24) is 10.6 Å². The number of amides is 1. The van der Waals surface area contributed by atoms with Crippen LogP contribution in [0.5, 0.6) is 0 Å². The molecule has 2 aliphatic rings. The summed E-state index contributed by atoms with van der Waals surface area (Å²) in [7, 11) is 0. The van der Waals surface area contributed by atoms with Crippen molar-refractivity contribution in [2.75, 3.05) is 19.6 Å². The smallest absolute Gasteiger partial charge is 0.221 e. The average Bonchev–Trinajstić information content (AvgIpc) is 2.14. The second kappa shape index (κ2) is 3.10. The fourth-order valence-electron chi connectivity index (χ4n) is 2.20. The maximum absolute atomic E-state index is 11.7. The van der Waals surface area contributed by atoms with E-state index in [1.165, 1.54) is 0 Å². The van der Waals surface area contributed by atoms with Gasteiger partial charge in [-0.1, -0.05) is 0 Å². The maximum atomic E-state index is 11.7. The lowest BCUT2D eigenvalue weighted by molar-refractivity contribution is -0.141. The minimum absolute atomic E-state index is 0.0292. The van der Waals surface area contributed by atoms with Crippen molar-refractivity contribution in [2.45, 2.75) is 19.3 Å². The Morgan fingerprint density at radius 1 is 1.15 bits per heavy atom. The van der Waals surface area contributed by atoms with Crippen molar-refractivity contribution in [3.05, 3.63) is 0 Å². The molecular weight excluding hydrogens is 168 g/mol. The summed E-state index contributed by atoms with van der Waals surface area (Å²) in [5.41, 5.74) is -0.326. The van der Waals surface area contributed by atoms with E-state index in [0.29, 0.717) is 6.42 Å². The van der Waals surface area contributed by atoms with E-state index in [1.807, 2.05) is 0 Å². The van der Waals surface area contributed by atoms with Crippen LogP contribution in [0, 0.1) is 5.41 Å². The molecule has 1 spiro atoms. The van der Waals surface area contributed by atoms with E-state index in [-0.39, 0.29) is 23.7 Å². The first-order chi connectivity index (χ1) is 6.23. The Hall–Kier alpha value is -0.900. The number of hydrogen-bond acceptors (Lipinski definition) is 3. The lowest BCUT2D eigenvalue weighted by Gasteiger charge is -2.38. The number of hydrogen-bond donors (Lipinski definition) is 2. The van der Waals surface area contributed by atoms with Gasteiger partial charge in [0.1, 0.15) is 0 Å². The highest BCUT2D eigenvalue weighted by atomic mass is 16.2. The molecule has 1 amide bonds. The molecule has 0 aliphatic carbocycles. The van der Waals surface area contributed by atoms with Crippen LogP contribution < -0.4 is 10.6 Å². The van der Waals surface area contributed by atoms with Gasteiger partial charge in [0, 0.05) is 11.8 Å². The van der Waals surface area contributed by atoms with Crippen LogP contribution in [0.2, 0.25) is 0 Å². The van der Waals surface area contributed by atoms with Gasteiger partial charge in [0.05, 0.1) is 6.54 Å². The highest BCUT2D eigenvalue weighted by molar-refractivity contribution is 5.97. The Balaban J connectivity index is 2.16. The number of ketones is 1. The molecule has 0 unspecified atom stereocenters. The van der Waals surface area contributed by atoms with Gasteiger partial charge < -0.3 is 10.6 Å². The Kier molecular flexibility index (Phi) is 2.07. The third-order valence-corrected chi connectivity index (χ3v) is 3.10. The first kappa shape index (κ1) is 8.69. The lowest BCUT2D eigenvalue weighted by atomic mass is 9.71. The molecule has 72 valence electrons. The van der Waals surface area contributed by atoms with Gasteiger partial charge in [-0.05, 0) is 25.9 Å². The molecule has 0 saturated carbocycles. The van der Waals surface area contributed by atoms with Gasteiger partial charge in [0.15, 0.2) is 5.78 Å². The SMILES string of the molecule is O=C1CC2(CCNCC2)C(=O)CN1. The molecule has 4 heteroatoms. The summed E-state index contributed by atoms with van der Waals surface area (Å²) in [6, 6.07) is 0. The van der Waals surface area contributed by atoms with E-state index >= 15 is 0 Å². The highest BCUT2D eigenvalue weighted by Crippen LogP contribution is 2.35. The summed E-state index contributed by atoms with van der Waals surface area (Å²) in [6.45, 7) is 1.96. The van der Waals surface area contributed by atoms with Crippen molar-refractivity contribution in [3.63, 3.8) is 0 Å². The van der Waals surface area contributed by atoms with Gasteiger partial charge >= 0.3 is 0 Å². The Morgan fingerprint density at radius 2 is 1.85 bits per heavy atom. The number of rotatable bonds is 0. The van der Waals surface area contributed by atoms with E-state index < -0.39 is 0 Å². The maximum Gasteiger partial charge on any atom is 0.221 e. The van der Waals surface area contributed by atoms with Crippen molar-refractivity contribution >= 4 is 11.7 Å². The summed E-state index contributed by atoms with van der Waals surface area (Å²) < 4.78 is 0. The van der Waals surface area contributed by atoms with E-state index in [2.05, 4.69) is 10.6 Å². The topological polar surface area (TPSA) is 58.2 Å². The van der Waals surface area contributed by atoms with Crippen LogP contribution in [0.3, 0.4) is 0 Å². The number of carbonyl (C=O) groups excluding carboxylic acids is 2. The van der Waals surface area contributed by atoms with Gasteiger partial charge in [0.25, 0.3) is 0 Å². The fraction of sp³-hybridized carbons (Fsp3) is 0.778. The van der Waals surface area contributed by atoms with Crippen LogP contribution in [-0.2, 0) is 9.59 Å². The van der Waals surface area contributed by atoms with Crippen LogP contribution in [0.15, 0.2) is 0 Å². The van der Waals surface area contributed by atoms with Gasteiger partial charge in [-0.25, -0.2) is 0 Å². The second-order valence-corrected chi connectivity index (χ2v) is 3.91. The van der Waals surface area contributed by atoms with Crippen LogP contribution >= 0.6 is 0 Å². The zero-order chi connectivity index (χ0) is 9.31. The van der Waals surface area contributed by atoms with Crippen molar-refractivity contribution in [2.24, 2.45) is 5.41 Å². The highest BCUT2D eigenvalue weighted by Gasteiger charge is 2.43. The average molecular weight is 182 g/mol. The third-order valence-electron chi connectivity index (χ3n) is 3.10. The van der Waals surface area contributed by atoms with Crippen LogP contribution in [0.1, 0.15) is 19.3 Å². The van der Waals surface area contributed by atoms with Crippen molar-refractivity contribution in [1.29, 1.82) is 0 Å². The van der Waals surface area contributed by atoms with Crippen LogP contribution in [-0.4, -0.2) is 31.3 Å². The predicted octanol–water partition coefficient (Wildman–Crippen LogP) is -0.555. The summed E-state index contributed by atoms with van der Waals surface area (Å²) in [4.78, 5) is 22.9. The molecule has 4 nitrogen and oxygen atoms in total. The minimum atomic E-state index is -0.326. The Bertz CT molecular complexity index is 244. The normalized spacial score (nSPS) is 27.4. The summed E-state index contributed by atoms with van der Waals surface area (Å²) >= 11 is 0. The molecule has 2 aliphatic heterocycles. The molecule has 0 aromatic heterocycles. The molecule has 2 heterocycles. The number of carbonyl (C=O) groups is 2. The molecule has 2 rings (SSSR count). The molecule has 0 bridgehead atoms. The standard InChI is InChI=1S/C9H14N2O2/c12-7-6-11-8(13)5-9(7)1-3-10-4-2-9/h10H,1-6H2,(H,11,13). The summed E-state index contributed by atoms with van der Waals surface area (Å²) in [5.74, 6) is 0.245. The number of piperidine rings is 2. The molecule has 2 N–H and O–H groups in total. The molecule has 2 fully saturated rings. The molecule has 0 atom stereocenters. The van der Waals surface area contributed by atoms with E-state index in [1.54, 1.807) is 0 Å². The Morgan fingerprint density at radius 3 is 2.54 bits per heavy atom. The van der Waals surface area contributed by atoms with Crippen molar-refractivity contribution < 1.29 is 9.59 Å². The first-order valence-corrected chi connectivity index (χ1v) is 4.74. The first-order valence-electron chi connectivity index (χ1n) is 4.74. The molecule has 2 saturated heterocycles. The molecular formula is C9H14N2O2. The van der Waals surface area contributed by atoms with E-state index in [9.17, 15) is 9.59 Å². The predicted molar refractivity (Wildman–Crippen MR) is 47.2 cm³/mol. The number of Topliss-reactive ketones (excluding diaryl/α,β-unsaturated/α-hetero) is 1. The Labute approximate surface area is 77.1 Å². The quantitative estimate of drug-likeness (QED) is 0.528. The lowest BCUT2D eigenvalue weighted by Crippen LogP contribution is -2.52. The third kappa shape index (κ3) is 1.46. The molecule has 0 aromatic carbocycles. The summed E-state index contributed by atoms with van der Waals surface area (Å²) in [6.07, 6.45) is 2.03. The molecule has 13 heavy (non-hydrogen) atoms. The van der Waals surface area contributed by atoms with Gasteiger partial charge in [-0.15, -0.1) is 0 Å². The van der Waals surface area contributed by atoms with Crippen LogP contribution in [0.4, 0.5) is 0 Å². The van der Waals surface area contributed by atoms with E-state index in [0.717, 1.165) is 25.9 Å². The largest absolute Gasteiger partial charge is 0.349 e. The van der Waals surface area contributed by atoms with E-state index in [4.69, 9.17) is 0 Å². The van der Waals surface area contributed by atoms with Gasteiger partial charge in [-0.3, -0.25) is 9.59 Å². The molecule has 0 radical (unpaired) electrons. The second-order valence-electron chi connectivity index (χ2n) is 3.91. The minimum Gasteiger partial charge on any atom is -0.349 e. The van der Waals surface area contributed by atoms with Gasteiger partial charge in [0.2, 0.25) is 5.91 Å². The van der Waals surface area contributed by atoms with Gasteiger partial charge in [-0.2, -0.15) is 0 Å². The monoisotopic (exact) mass is 182 g/mol. The van der Waals surface area contributed by atoms with Crippen molar-refractivity contribution in [3.8, 4) is 0 Å². The summed E-state index contributed by atoms with van der Waals surface area (Å²) in [5, 5.41) is 5.80.